The largest absolute Gasteiger partial charge is 0.308 e. The van der Waals surface area contributed by atoms with Crippen molar-refractivity contribution in [3.05, 3.63) is 40.4 Å². The fraction of sp³-hybridized carbons (Fsp3) is 0.167. The maximum Gasteiger partial charge on any atom is 0.289 e. The van der Waals surface area contributed by atoms with Crippen molar-refractivity contribution in [2.75, 3.05) is 5.75 Å². The molecule has 1 fully saturated rings. The molecule has 19 heavy (non-hydrogen) atoms. The molecule has 0 saturated carbocycles. The van der Waals surface area contributed by atoms with Crippen molar-refractivity contribution in [3.8, 4) is 0 Å². The molecule has 0 radical (unpaired) electrons. The number of nitrogens with one attached hydrogen (secondary N) is 1. The number of carbonyl (C=O) groups is 2. The number of rotatable bonds is 2. The molecule has 0 unspecified atom stereocenters. The Morgan fingerprint density at radius 2 is 2.05 bits per heavy atom. The van der Waals surface area contributed by atoms with Crippen LogP contribution in [0.25, 0.3) is 10.9 Å². The zero-order chi connectivity index (χ0) is 13.4. The predicted molar refractivity (Wildman–Crippen MR) is 70.8 cm³/mol. The lowest BCUT2D eigenvalue weighted by Gasteiger charge is -2.11. The molecule has 0 aliphatic carbocycles. The second-order valence-corrected chi connectivity index (χ2v) is 4.99. The SMILES string of the molecule is O=C1CSC(=O)N1Cc1nc2ccccc2c(=O)[nH]1. The van der Waals surface area contributed by atoms with E-state index in [1.54, 1.807) is 24.3 Å². The number of thioether (sulfide) groups is 1. The second-order valence-electron chi connectivity index (χ2n) is 4.06. The minimum atomic E-state index is -0.305. The molecule has 1 aliphatic heterocycles. The maximum atomic E-state index is 11.8. The first-order valence-electron chi connectivity index (χ1n) is 5.60. The van der Waals surface area contributed by atoms with Gasteiger partial charge in [-0.2, -0.15) is 0 Å². The maximum absolute atomic E-state index is 11.8. The lowest BCUT2D eigenvalue weighted by Crippen LogP contribution is -2.29. The Morgan fingerprint density at radius 3 is 2.79 bits per heavy atom. The van der Waals surface area contributed by atoms with Gasteiger partial charge in [0.2, 0.25) is 5.91 Å². The molecule has 6 nitrogen and oxygen atoms in total. The number of hydrogen-bond donors (Lipinski definition) is 1. The third-order valence-corrected chi connectivity index (χ3v) is 3.67. The number of benzene rings is 1. The van der Waals surface area contributed by atoms with Crippen LogP contribution in [0.5, 0.6) is 0 Å². The Labute approximate surface area is 111 Å². The van der Waals surface area contributed by atoms with Crippen LogP contribution in [0.4, 0.5) is 4.79 Å². The number of imide groups is 1. The fourth-order valence-corrected chi connectivity index (χ4v) is 2.62. The Hall–Kier alpha value is -2.15. The lowest BCUT2D eigenvalue weighted by atomic mass is 10.2. The van der Waals surface area contributed by atoms with Crippen molar-refractivity contribution in [2.24, 2.45) is 0 Å². The zero-order valence-electron chi connectivity index (χ0n) is 9.75. The number of H-pyrrole nitrogens is 1. The molecule has 2 heterocycles. The molecule has 0 atom stereocenters. The average molecular weight is 275 g/mol. The first-order chi connectivity index (χ1) is 9.15. The van der Waals surface area contributed by atoms with Crippen LogP contribution >= 0.6 is 11.8 Å². The van der Waals surface area contributed by atoms with E-state index in [-0.39, 0.29) is 29.0 Å². The van der Waals surface area contributed by atoms with Crippen LogP contribution in [-0.2, 0) is 11.3 Å². The van der Waals surface area contributed by atoms with E-state index in [4.69, 9.17) is 0 Å². The van der Waals surface area contributed by atoms with Crippen LogP contribution in [0.1, 0.15) is 5.82 Å². The molecule has 1 aromatic carbocycles. The minimum absolute atomic E-state index is 0.00470. The van der Waals surface area contributed by atoms with Crippen molar-refractivity contribution in [2.45, 2.75) is 6.54 Å². The number of carbonyl (C=O) groups excluding carboxylic acids is 2. The Bertz CT molecular complexity index is 724. The van der Waals surface area contributed by atoms with E-state index in [9.17, 15) is 14.4 Å². The number of aromatic nitrogens is 2. The van der Waals surface area contributed by atoms with Crippen LogP contribution in [0.3, 0.4) is 0 Å². The summed E-state index contributed by atoms with van der Waals surface area (Å²) < 4.78 is 0. The van der Waals surface area contributed by atoms with E-state index >= 15 is 0 Å². The number of hydrogen-bond acceptors (Lipinski definition) is 5. The van der Waals surface area contributed by atoms with E-state index in [1.165, 1.54) is 0 Å². The minimum Gasteiger partial charge on any atom is -0.308 e. The van der Waals surface area contributed by atoms with Gasteiger partial charge in [0.15, 0.2) is 0 Å². The summed E-state index contributed by atoms with van der Waals surface area (Å²) in [6, 6.07) is 6.92. The zero-order valence-corrected chi connectivity index (χ0v) is 10.6. The van der Waals surface area contributed by atoms with E-state index in [0.29, 0.717) is 16.7 Å². The van der Waals surface area contributed by atoms with Gasteiger partial charge in [0, 0.05) is 0 Å². The summed E-state index contributed by atoms with van der Waals surface area (Å²) in [4.78, 5) is 42.8. The van der Waals surface area contributed by atoms with Gasteiger partial charge in [-0.1, -0.05) is 23.9 Å². The standard InChI is InChI=1S/C12H9N3O3S/c16-10-6-19-12(18)15(10)5-9-13-8-4-2-1-3-7(8)11(17)14-9/h1-4H,5-6H2,(H,13,14,17). The predicted octanol–water partition coefficient (Wildman–Crippen LogP) is 1.12. The summed E-state index contributed by atoms with van der Waals surface area (Å²) in [5, 5.41) is 0.181. The quantitative estimate of drug-likeness (QED) is 0.888. The van der Waals surface area contributed by atoms with E-state index in [2.05, 4.69) is 9.97 Å². The summed E-state index contributed by atoms with van der Waals surface area (Å²) >= 11 is 0.958. The Kier molecular flexibility index (Phi) is 2.83. The molecule has 1 N–H and O–H groups in total. The molecule has 96 valence electrons. The average Bonchev–Trinajstić information content (AvgIpc) is 2.71. The molecule has 1 aliphatic rings. The van der Waals surface area contributed by atoms with Crippen molar-refractivity contribution >= 4 is 33.8 Å². The fourth-order valence-electron chi connectivity index (χ4n) is 1.89. The van der Waals surface area contributed by atoms with Gasteiger partial charge < -0.3 is 4.98 Å². The second kappa shape index (κ2) is 4.51. The highest BCUT2D eigenvalue weighted by Crippen LogP contribution is 2.20. The topological polar surface area (TPSA) is 83.1 Å². The summed E-state index contributed by atoms with van der Waals surface area (Å²) in [6.07, 6.45) is 0. The molecular formula is C12H9N3O3S. The van der Waals surface area contributed by atoms with Crippen molar-refractivity contribution in [1.82, 2.24) is 14.9 Å². The lowest BCUT2D eigenvalue weighted by molar-refractivity contribution is -0.125. The van der Waals surface area contributed by atoms with Crippen molar-refractivity contribution < 1.29 is 9.59 Å². The highest BCUT2D eigenvalue weighted by Gasteiger charge is 2.30. The third kappa shape index (κ3) is 2.12. The number of aromatic amines is 1. The summed E-state index contributed by atoms with van der Waals surface area (Å²) in [5.41, 5.74) is 0.278. The van der Waals surface area contributed by atoms with Gasteiger partial charge in [0.1, 0.15) is 5.82 Å². The van der Waals surface area contributed by atoms with Crippen LogP contribution in [0.15, 0.2) is 29.1 Å². The van der Waals surface area contributed by atoms with E-state index in [1.807, 2.05) is 0 Å². The molecule has 7 heteroatoms. The molecule has 2 amide bonds. The summed E-state index contributed by atoms with van der Waals surface area (Å²) in [7, 11) is 0. The molecule has 1 saturated heterocycles. The number of para-hydroxylation sites is 1. The number of amides is 2. The Morgan fingerprint density at radius 1 is 1.26 bits per heavy atom. The molecule has 2 aromatic rings. The van der Waals surface area contributed by atoms with Gasteiger partial charge in [-0.25, -0.2) is 4.98 Å². The summed E-state index contributed by atoms with van der Waals surface area (Å²) in [5.74, 6) is 0.204. The molecule has 3 rings (SSSR count). The van der Waals surface area contributed by atoms with Gasteiger partial charge in [-0.3, -0.25) is 19.3 Å². The van der Waals surface area contributed by atoms with Crippen LogP contribution < -0.4 is 5.56 Å². The first kappa shape index (κ1) is 11.9. The van der Waals surface area contributed by atoms with E-state index < -0.39 is 0 Å². The van der Waals surface area contributed by atoms with Gasteiger partial charge in [0.25, 0.3) is 10.8 Å². The highest BCUT2D eigenvalue weighted by atomic mass is 32.2. The van der Waals surface area contributed by atoms with Gasteiger partial charge in [-0.05, 0) is 12.1 Å². The molecule has 0 bridgehead atoms. The van der Waals surface area contributed by atoms with Gasteiger partial charge in [0.05, 0.1) is 23.2 Å². The van der Waals surface area contributed by atoms with Gasteiger partial charge in [-0.15, -0.1) is 0 Å². The van der Waals surface area contributed by atoms with Crippen molar-refractivity contribution in [1.29, 1.82) is 0 Å². The van der Waals surface area contributed by atoms with Crippen LogP contribution in [0, 0.1) is 0 Å². The molecule has 1 aromatic heterocycles. The third-order valence-electron chi connectivity index (χ3n) is 2.81. The van der Waals surface area contributed by atoms with Crippen LogP contribution in [0.2, 0.25) is 0 Å². The molecular weight excluding hydrogens is 266 g/mol. The number of fused-ring (bicyclic) bond motifs is 1. The monoisotopic (exact) mass is 275 g/mol. The van der Waals surface area contributed by atoms with Crippen LogP contribution in [-0.4, -0.2) is 31.8 Å². The normalized spacial score (nSPS) is 15.5. The Balaban J connectivity index is 2.00. The van der Waals surface area contributed by atoms with Crippen molar-refractivity contribution in [3.63, 3.8) is 0 Å². The van der Waals surface area contributed by atoms with E-state index in [0.717, 1.165) is 16.7 Å². The number of nitrogens with zero attached hydrogens (tertiary/aromatic N) is 2. The summed E-state index contributed by atoms with van der Waals surface area (Å²) in [6.45, 7) is 0.00470. The van der Waals surface area contributed by atoms with Gasteiger partial charge >= 0.3 is 0 Å². The smallest absolute Gasteiger partial charge is 0.289 e. The highest BCUT2D eigenvalue weighted by molar-refractivity contribution is 8.14. The molecule has 0 spiro atoms. The first-order valence-corrected chi connectivity index (χ1v) is 6.59.